The summed E-state index contributed by atoms with van der Waals surface area (Å²) in [4.78, 5) is 11.8. The summed E-state index contributed by atoms with van der Waals surface area (Å²) in [6, 6.07) is 2.34. The van der Waals surface area contributed by atoms with E-state index in [1.165, 1.54) is 25.7 Å². The van der Waals surface area contributed by atoms with Gasteiger partial charge in [0, 0.05) is 32.5 Å². The summed E-state index contributed by atoms with van der Waals surface area (Å²) in [6.07, 6.45) is 9.56. The number of hydrogen-bond acceptors (Lipinski definition) is 4. The van der Waals surface area contributed by atoms with Gasteiger partial charge in [0.1, 0.15) is 11.6 Å². The summed E-state index contributed by atoms with van der Waals surface area (Å²) >= 11 is 0. The smallest absolute Gasteiger partial charge is 0.263 e. The molecule has 0 unspecified atom stereocenters. The molecule has 1 saturated carbocycles. The minimum Gasteiger partial charge on any atom is -0.387 e. The maximum absolute atomic E-state index is 11.8. The summed E-state index contributed by atoms with van der Waals surface area (Å²) in [5.41, 5.74) is 0.145. The lowest BCUT2D eigenvalue weighted by molar-refractivity contribution is -0.117. The van der Waals surface area contributed by atoms with Gasteiger partial charge in [0.25, 0.3) is 5.91 Å². The molecule has 0 atom stereocenters. The topological polar surface area (TPSA) is 74.1 Å². The van der Waals surface area contributed by atoms with Gasteiger partial charge in [-0.05, 0) is 19.3 Å². The normalized spacial score (nSPS) is 17.1. The van der Waals surface area contributed by atoms with Crippen LogP contribution < -0.4 is 10.6 Å². The van der Waals surface area contributed by atoms with Gasteiger partial charge in [-0.1, -0.05) is 25.7 Å². The molecule has 20 heavy (non-hydrogen) atoms. The van der Waals surface area contributed by atoms with Crippen molar-refractivity contribution in [1.29, 1.82) is 5.26 Å². The number of rotatable bonds is 7. The Balaban J connectivity index is 2.37. The van der Waals surface area contributed by atoms with E-state index in [2.05, 4.69) is 10.6 Å². The molecule has 0 aromatic carbocycles. The van der Waals surface area contributed by atoms with Crippen molar-refractivity contribution in [2.45, 2.75) is 51.0 Å². The van der Waals surface area contributed by atoms with Gasteiger partial charge in [0.2, 0.25) is 0 Å². The molecular weight excluding hydrogens is 254 g/mol. The molecule has 5 heteroatoms. The van der Waals surface area contributed by atoms with Crippen LogP contribution in [0.25, 0.3) is 0 Å². The third-order valence-electron chi connectivity index (χ3n) is 3.49. The Bertz CT molecular complexity index is 353. The minimum absolute atomic E-state index is 0.145. The van der Waals surface area contributed by atoms with E-state index in [-0.39, 0.29) is 11.5 Å². The van der Waals surface area contributed by atoms with E-state index in [4.69, 9.17) is 10.00 Å². The average molecular weight is 279 g/mol. The zero-order chi connectivity index (χ0) is 14.6. The van der Waals surface area contributed by atoms with E-state index >= 15 is 0 Å². The van der Waals surface area contributed by atoms with Gasteiger partial charge in [-0.2, -0.15) is 5.26 Å². The zero-order valence-corrected chi connectivity index (χ0v) is 12.3. The number of nitriles is 1. The van der Waals surface area contributed by atoms with Crippen molar-refractivity contribution >= 4 is 5.91 Å². The fourth-order valence-corrected chi connectivity index (χ4v) is 2.31. The van der Waals surface area contributed by atoms with Crippen LogP contribution in [-0.2, 0) is 9.53 Å². The molecule has 0 aromatic heterocycles. The summed E-state index contributed by atoms with van der Waals surface area (Å²) < 4.78 is 4.91. The molecule has 0 aromatic rings. The van der Waals surface area contributed by atoms with Gasteiger partial charge in [-0.25, -0.2) is 0 Å². The molecule has 2 N–H and O–H groups in total. The summed E-state index contributed by atoms with van der Waals surface area (Å²) in [7, 11) is 1.62. The van der Waals surface area contributed by atoms with Crippen LogP contribution in [0.4, 0.5) is 0 Å². The molecule has 0 heterocycles. The molecule has 1 rings (SSSR count). The van der Waals surface area contributed by atoms with E-state index < -0.39 is 0 Å². The van der Waals surface area contributed by atoms with Crippen LogP contribution in [-0.4, -0.2) is 32.2 Å². The van der Waals surface area contributed by atoms with Gasteiger partial charge in [-0.15, -0.1) is 0 Å². The average Bonchev–Trinajstić information content (AvgIpc) is 2.73. The van der Waals surface area contributed by atoms with Crippen molar-refractivity contribution in [3.63, 3.8) is 0 Å². The van der Waals surface area contributed by atoms with Crippen LogP contribution in [0.2, 0.25) is 0 Å². The number of hydrogen-bond donors (Lipinski definition) is 2. The van der Waals surface area contributed by atoms with Crippen molar-refractivity contribution in [3.8, 4) is 6.07 Å². The molecule has 0 bridgehead atoms. The Hall–Kier alpha value is -1.54. The summed E-state index contributed by atoms with van der Waals surface area (Å²) in [6.45, 7) is 1.13. The first-order valence-electron chi connectivity index (χ1n) is 7.41. The van der Waals surface area contributed by atoms with E-state index in [0.29, 0.717) is 19.2 Å². The second kappa shape index (κ2) is 10.3. The van der Waals surface area contributed by atoms with Crippen molar-refractivity contribution in [3.05, 3.63) is 11.8 Å². The molecule has 1 amide bonds. The monoisotopic (exact) mass is 279 g/mol. The Morgan fingerprint density at radius 3 is 2.65 bits per heavy atom. The maximum Gasteiger partial charge on any atom is 0.263 e. The highest BCUT2D eigenvalue weighted by atomic mass is 16.5. The van der Waals surface area contributed by atoms with Crippen molar-refractivity contribution in [1.82, 2.24) is 10.6 Å². The molecule has 1 fully saturated rings. The first-order valence-corrected chi connectivity index (χ1v) is 7.41. The van der Waals surface area contributed by atoms with Gasteiger partial charge >= 0.3 is 0 Å². The second-order valence-electron chi connectivity index (χ2n) is 5.13. The van der Waals surface area contributed by atoms with Crippen LogP contribution in [0.1, 0.15) is 44.9 Å². The van der Waals surface area contributed by atoms with Gasteiger partial charge < -0.3 is 15.4 Å². The Labute approximate surface area is 121 Å². The zero-order valence-electron chi connectivity index (χ0n) is 12.3. The molecule has 0 radical (unpaired) electrons. The Morgan fingerprint density at radius 2 is 2.05 bits per heavy atom. The first-order chi connectivity index (χ1) is 9.77. The molecule has 0 saturated heterocycles. The number of methoxy groups -OCH3 is 1. The van der Waals surface area contributed by atoms with Crippen molar-refractivity contribution in [2.24, 2.45) is 0 Å². The SMILES string of the molecule is COCCCNC(=O)/C(C#N)=C\NC1CCCCCC1. The molecule has 112 valence electrons. The largest absolute Gasteiger partial charge is 0.387 e. The number of carbonyl (C=O) groups is 1. The highest BCUT2D eigenvalue weighted by Crippen LogP contribution is 2.17. The quantitative estimate of drug-likeness (QED) is 0.323. The van der Waals surface area contributed by atoms with Crippen molar-refractivity contribution in [2.75, 3.05) is 20.3 Å². The van der Waals surface area contributed by atoms with Crippen LogP contribution in [0.15, 0.2) is 11.8 Å². The minimum atomic E-state index is -0.315. The third kappa shape index (κ3) is 6.58. The first kappa shape index (κ1) is 16.5. The number of nitrogens with one attached hydrogen (secondary N) is 2. The lowest BCUT2D eigenvalue weighted by Gasteiger charge is -2.14. The van der Waals surface area contributed by atoms with Gasteiger partial charge in [0.15, 0.2) is 0 Å². The molecule has 5 nitrogen and oxygen atoms in total. The number of ether oxygens (including phenoxy) is 1. The standard InChI is InChI=1S/C15H25N3O2/c1-20-10-6-9-17-15(19)13(11-16)12-18-14-7-4-2-3-5-8-14/h12,14,18H,2-10H2,1H3,(H,17,19)/b13-12-. The Kier molecular flexibility index (Phi) is 8.48. The fourth-order valence-electron chi connectivity index (χ4n) is 2.31. The lowest BCUT2D eigenvalue weighted by Crippen LogP contribution is -2.29. The molecular formula is C15H25N3O2. The number of amides is 1. The highest BCUT2D eigenvalue weighted by Gasteiger charge is 2.12. The summed E-state index contributed by atoms with van der Waals surface area (Å²) in [5, 5.41) is 15.0. The number of nitrogens with zero attached hydrogens (tertiary/aromatic N) is 1. The van der Waals surface area contributed by atoms with E-state index in [1.807, 2.05) is 6.07 Å². The predicted octanol–water partition coefficient (Wildman–Crippen LogP) is 1.86. The van der Waals surface area contributed by atoms with E-state index in [9.17, 15) is 4.79 Å². The lowest BCUT2D eigenvalue weighted by atomic mass is 10.1. The molecule has 1 aliphatic carbocycles. The maximum atomic E-state index is 11.8. The Morgan fingerprint density at radius 1 is 1.35 bits per heavy atom. The van der Waals surface area contributed by atoms with Crippen LogP contribution in [0.3, 0.4) is 0 Å². The van der Waals surface area contributed by atoms with E-state index in [0.717, 1.165) is 19.3 Å². The fraction of sp³-hybridized carbons (Fsp3) is 0.733. The number of carbonyl (C=O) groups excluding carboxylic acids is 1. The van der Waals surface area contributed by atoms with Crippen molar-refractivity contribution < 1.29 is 9.53 Å². The highest BCUT2D eigenvalue weighted by molar-refractivity contribution is 5.97. The van der Waals surface area contributed by atoms with Gasteiger partial charge in [0.05, 0.1) is 0 Å². The van der Waals surface area contributed by atoms with E-state index in [1.54, 1.807) is 13.3 Å². The molecule has 0 aliphatic heterocycles. The van der Waals surface area contributed by atoms with Crippen LogP contribution in [0, 0.1) is 11.3 Å². The second-order valence-corrected chi connectivity index (χ2v) is 5.13. The van der Waals surface area contributed by atoms with Gasteiger partial charge in [-0.3, -0.25) is 4.79 Å². The molecule has 0 spiro atoms. The molecule has 1 aliphatic rings. The van der Waals surface area contributed by atoms with Crippen LogP contribution in [0.5, 0.6) is 0 Å². The predicted molar refractivity (Wildman–Crippen MR) is 77.8 cm³/mol. The third-order valence-corrected chi connectivity index (χ3v) is 3.49. The summed E-state index contributed by atoms with van der Waals surface area (Å²) in [5.74, 6) is -0.315. The van der Waals surface area contributed by atoms with Crippen LogP contribution >= 0.6 is 0 Å².